The molecule has 0 heterocycles. The minimum Gasteiger partial charge on any atom is -0.504 e. The van der Waals surface area contributed by atoms with E-state index in [1.165, 1.54) is 19.2 Å². The second-order valence-corrected chi connectivity index (χ2v) is 5.12. The fourth-order valence-corrected chi connectivity index (χ4v) is 2.17. The average molecular weight is 289 g/mol. The highest BCUT2D eigenvalue weighted by molar-refractivity contribution is 5.41. The molecule has 0 radical (unpaired) electrons. The molecule has 21 heavy (non-hydrogen) atoms. The molecular weight excluding hydrogens is 269 g/mol. The number of halogens is 1. The summed E-state index contributed by atoms with van der Waals surface area (Å²) in [5.74, 6) is 0.400. The first-order chi connectivity index (χ1) is 10.1. The molecule has 0 bridgehead atoms. The Kier molecular flexibility index (Phi) is 5.17. The van der Waals surface area contributed by atoms with Gasteiger partial charge in [-0.15, -0.1) is 0 Å². The molecule has 0 saturated heterocycles. The normalized spacial score (nSPS) is 12.1. The van der Waals surface area contributed by atoms with E-state index < -0.39 is 0 Å². The maximum absolute atomic E-state index is 12.8. The lowest BCUT2D eigenvalue weighted by Crippen LogP contribution is -2.27. The third-order valence-corrected chi connectivity index (χ3v) is 3.35. The van der Waals surface area contributed by atoms with Crippen LogP contribution in [0, 0.1) is 5.82 Å². The van der Waals surface area contributed by atoms with Gasteiger partial charge < -0.3 is 15.2 Å². The Hall–Kier alpha value is -2.07. The Morgan fingerprint density at radius 2 is 1.81 bits per heavy atom. The zero-order valence-electron chi connectivity index (χ0n) is 12.3. The van der Waals surface area contributed by atoms with E-state index in [0.29, 0.717) is 12.3 Å². The van der Waals surface area contributed by atoms with Crippen LogP contribution in [0.3, 0.4) is 0 Å². The third kappa shape index (κ3) is 4.46. The summed E-state index contributed by atoms with van der Waals surface area (Å²) in [6.07, 6.45) is 0.829. The average Bonchev–Trinajstić information content (AvgIpc) is 2.49. The lowest BCUT2D eigenvalue weighted by atomic mass is 10.1. The molecule has 3 nitrogen and oxygen atoms in total. The van der Waals surface area contributed by atoms with E-state index in [-0.39, 0.29) is 17.6 Å². The van der Waals surface area contributed by atoms with Crippen molar-refractivity contribution in [3.63, 3.8) is 0 Å². The summed E-state index contributed by atoms with van der Waals surface area (Å²) < 4.78 is 17.9. The molecule has 0 aromatic heterocycles. The molecule has 1 atom stereocenters. The van der Waals surface area contributed by atoms with Crippen LogP contribution in [0.5, 0.6) is 11.5 Å². The molecule has 112 valence electrons. The van der Waals surface area contributed by atoms with Gasteiger partial charge in [-0.3, -0.25) is 0 Å². The summed E-state index contributed by atoms with van der Waals surface area (Å²) in [5, 5.41) is 13.0. The van der Waals surface area contributed by atoms with Crippen molar-refractivity contribution in [3.8, 4) is 11.5 Å². The second-order valence-electron chi connectivity index (χ2n) is 5.12. The molecule has 0 amide bonds. The Balaban J connectivity index is 1.88. The fraction of sp³-hybridized carbons (Fsp3) is 0.294. The van der Waals surface area contributed by atoms with Crippen LogP contribution in [-0.4, -0.2) is 18.3 Å². The summed E-state index contributed by atoms with van der Waals surface area (Å²) >= 11 is 0. The molecule has 0 fully saturated rings. The van der Waals surface area contributed by atoms with Gasteiger partial charge in [-0.25, -0.2) is 4.39 Å². The molecule has 0 spiro atoms. The van der Waals surface area contributed by atoms with Gasteiger partial charge >= 0.3 is 0 Å². The minimum absolute atomic E-state index is 0.139. The highest BCUT2D eigenvalue weighted by Gasteiger charge is 2.06. The highest BCUT2D eigenvalue weighted by Crippen LogP contribution is 2.26. The first-order valence-electron chi connectivity index (χ1n) is 6.92. The van der Waals surface area contributed by atoms with E-state index in [1.807, 2.05) is 12.1 Å². The zero-order chi connectivity index (χ0) is 15.2. The Morgan fingerprint density at radius 3 is 2.48 bits per heavy atom. The number of hydrogen-bond donors (Lipinski definition) is 2. The Labute approximate surface area is 124 Å². The number of rotatable bonds is 6. The molecule has 2 aromatic carbocycles. The molecule has 0 aliphatic rings. The largest absolute Gasteiger partial charge is 0.504 e. The number of phenols is 1. The maximum atomic E-state index is 12.8. The third-order valence-electron chi connectivity index (χ3n) is 3.35. The van der Waals surface area contributed by atoms with Gasteiger partial charge in [0.2, 0.25) is 0 Å². The first kappa shape index (κ1) is 15.3. The van der Waals surface area contributed by atoms with Crippen molar-refractivity contribution in [1.82, 2.24) is 5.32 Å². The monoisotopic (exact) mass is 289 g/mol. The first-order valence-corrected chi connectivity index (χ1v) is 6.92. The Bertz CT molecular complexity index is 584. The number of aromatic hydroxyl groups is 1. The van der Waals surface area contributed by atoms with Crippen molar-refractivity contribution >= 4 is 0 Å². The van der Waals surface area contributed by atoms with Crippen LogP contribution in [0.1, 0.15) is 18.1 Å². The van der Waals surface area contributed by atoms with Gasteiger partial charge in [0, 0.05) is 12.6 Å². The predicted molar refractivity (Wildman–Crippen MR) is 81.1 cm³/mol. The zero-order valence-corrected chi connectivity index (χ0v) is 12.3. The van der Waals surface area contributed by atoms with Crippen molar-refractivity contribution in [1.29, 1.82) is 0 Å². The van der Waals surface area contributed by atoms with Gasteiger partial charge in [0.05, 0.1) is 7.11 Å². The molecule has 2 N–H and O–H groups in total. The van der Waals surface area contributed by atoms with Crippen molar-refractivity contribution in [2.45, 2.75) is 25.9 Å². The van der Waals surface area contributed by atoms with Gasteiger partial charge in [0.1, 0.15) is 5.82 Å². The van der Waals surface area contributed by atoms with Crippen molar-refractivity contribution < 1.29 is 14.2 Å². The number of ether oxygens (including phenoxy) is 1. The lowest BCUT2D eigenvalue weighted by Gasteiger charge is -2.14. The molecular formula is C17H20FNO2. The molecule has 0 aliphatic heterocycles. The van der Waals surface area contributed by atoms with E-state index in [1.54, 1.807) is 18.2 Å². The topological polar surface area (TPSA) is 41.5 Å². The van der Waals surface area contributed by atoms with Gasteiger partial charge in [-0.2, -0.15) is 0 Å². The molecule has 2 rings (SSSR count). The number of nitrogens with one attached hydrogen (secondary N) is 1. The van der Waals surface area contributed by atoms with Crippen molar-refractivity contribution in [2.24, 2.45) is 0 Å². The van der Waals surface area contributed by atoms with Crippen LogP contribution in [0.4, 0.5) is 4.39 Å². The van der Waals surface area contributed by atoms with Crippen molar-refractivity contribution in [3.05, 3.63) is 59.4 Å². The maximum Gasteiger partial charge on any atom is 0.160 e. The molecule has 0 saturated carbocycles. The van der Waals surface area contributed by atoms with E-state index >= 15 is 0 Å². The van der Waals surface area contributed by atoms with E-state index in [0.717, 1.165) is 17.5 Å². The van der Waals surface area contributed by atoms with Gasteiger partial charge in [0.15, 0.2) is 11.5 Å². The fourth-order valence-electron chi connectivity index (χ4n) is 2.17. The van der Waals surface area contributed by atoms with E-state index in [4.69, 9.17) is 4.74 Å². The van der Waals surface area contributed by atoms with Crippen LogP contribution < -0.4 is 10.1 Å². The molecule has 0 aliphatic carbocycles. The standard InChI is InChI=1S/C17H20FNO2/c1-12(9-13-3-6-15(18)7-4-13)19-11-14-5-8-16(20)17(10-14)21-2/h3-8,10,12,19-20H,9,11H2,1-2H3. The summed E-state index contributed by atoms with van der Waals surface area (Å²) in [6, 6.07) is 12.1. The van der Waals surface area contributed by atoms with Crippen LogP contribution in [0.2, 0.25) is 0 Å². The number of methoxy groups -OCH3 is 1. The molecule has 2 aromatic rings. The lowest BCUT2D eigenvalue weighted by molar-refractivity contribution is 0.372. The smallest absolute Gasteiger partial charge is 0.160 e. The van der Waals surface area contributed by atoms with Crippen LogP contribution in [0.15, 0.2) is 42.5 Å². The van der Waals surface area contributed by atoms with Crippen LogP contribution in [0.25, 0.3) is 0 Å². The quantitative estimate of drug-likeness (QED) is 0.857. The van der Waals surface area contributed by atoms with Crippen molar-refractivity contribution in [2.75, 3.05) is 7.11 Å². The summed E-state index contributed by atoms with van der Waals surface area (Å²) in [5.41, 5.74) is 2.13. The minimum atomic E-state index is -0.212. The summed E-state index contributed by atoms with van der Waals surface area (Å²) in [4.78, 5) is 0. The SMILES string of the molecule is COc1cc(CNC(C)Cc2ccc(F)cc2)ccc1O. The van der Waals surface area contributed by atoms with Crippen LogP contribution >= 0.6 is 0 Å². The number of hydrogen-bond acceptors (Lipinski definition) is 3. The van der Waals surface area contributed by atoms with Gasteiger partial charge in [-0.05, 0) is 48.7 Å². The number of phenolic OH excluding ortho intramolecular Hbond substituents is 1. The summed E-state index contributed by atoms with van der Waals surface area (Å²) in [6.45, 7) is 2.76. The Morgan fingerprint density at radius 1 is 1.14 bits per heavy atom. The van der Waals surface area contributed by atoms with Gasteiger partial charge in [0.25, 0.3) is 0 Å². The second kappa shape index (κ2) is 7.09. The van der Waals surface area contributed by atoms with Gasteiger partial charge in [-0.1, -0.05) is 18.2 Å². The highest BCUT2D eigenvalue weighted by atomic mass is 19.1. The predicted octanol–water partition coefficient (Wildman–Crippen LogP) is 3.26. The van der Waals surface area contributed by atoms with Crippen LogP contribution in [-0.2, 0) is 13.0 Å². The molecule has 1 unspecified atom stereocenters. The summed E-state index contributed by atoms with van der Waals surface area (Å²) in [7, 11) is 1.53. The number of benzene rings is 2. The van der Waals surface area contributed by atoms with E-state index in [2.05, 4.69) is 12.2 Å². The molecule has 4 heteroatoms. The van der Waals surface area contributed by atoms with E-state index in [9.17, 15) is 9.50 Å².